The van der Waals surface area contributed by atoms with Crippen LogP contribution in [0.5, 0.6) is 0 Å². The van der Waals surface area contributed by atoms with E-state index < -0.39 is 24.1 Å². The molecule has 0 aromatic rings. The molecule has 0 aromatic heterocycles. The summed E-state index contributed by atoms with van der Waals surface area (Å²) >= 11 is 0. The number of carboxylic acid groups (broad SMARTS) is 1. The smallest absolute Gasteiger partial charge is 0.475 e. The fraction of sp³-hybridized carbons (Fsp3) is 0.652. The van der Waals surface area contributed by atoms with Crippen molar-refractivity contribution in [2.75, 3.05) is 26.8 Å². The number of esters is 2. The number of hydrogen-bond donors (Lipinski definition) is 3. The topological polar surface area (TPSA) is 134 Å². The number of carbonyl (C=O) groups is 4. The largest absolute Gasteiger partial charge is 0.490 e. The monoisotopic (exact) mass is 523 g/mol. The zero-order valence-electron chi connectivity index (χ0n) is 21.9. The number of aliphatic carboxylic acids is 1. The van der Waals surface area contributed by atoms with Crippen LogP contribution in [0.1, 0.15) is 54.9 Å². The first-order chi connectivity index (χ1) is 16.4. The van der Waals surface area contributed by atoms with E-state index in [-0.39, 0.29) is 23.9 Å². The van der Waals surface area contributed by atoms with E-state index in [0.717, 1.165) is 11.4 Å². The fourth-order valence-corrected chi connectivity index (χ4v) is 3.24. The lowest BCUT2D eigenvalue weighted by molar-refractivity contribution is -0.192. The van der Waals surface area contributed by atoms with Crippen molar-refractivity contribution >= 4 is 23.8 Å². The molecule has 1 atom stereocenters. The molecule has 3 N–H and O–H groups in total. The Bertz CT molecular complexity index is 852. The van der Waals surface area contributed by atoms with E-state index in [1.54, 1.807) is 32.6 Å². The average Bonchev–Trinajstić information content (AvgIpc) is 3.07. The number of nitrogens with zero attached hydrogens (tertiary/aromatic N) is 1. The molecule has 1 amide bonds. The lowest BCUT2D eigenvalue weighted by atomic mass is 9.92. The summed E-state index contributed by atoms with van der Waals surface area (Å²) in [4.78, 5) is 45.3. The van der Waals surface area contributed by atoms with Gasteiger partial charge in [-0.3, -0.25) is 10.1 Å². The molecule has 10 nitrogen and oxygen atoms in total. The summed E-state index contributed by atoms with van der Waals surface area (Å²) < 4.78 is 41.7. The van der Waals surface area contributed by atoms with Gasteiger partial charge in [0.2, 0.25) is 5.91 Å². The highest BCUT2D eigenvalue weighted by Crippen LogP contribution is 2.25. The number of hydrogen-bond acceptors (Lipinski definition) is 8. The number of ether oxygens (including phenoxy) is 2. The number of nitrogens with one attached hydrogen (secondary N) is 2. The van der Waals surface area contributed by atoms with Crippen molar-refractivity contribution in [1.29, 1.82) is 0 Å². The van der Waals surface area contributed by atoms with Gasteiger partial charge in [-0.2, -0.15) is 13.2 Å². The van der Waals surface area contributed by atoms with Gasteiger partial charge in [0.15, 0.2) is 0 Å². The lowest BCUT2D eigenvalue weighted by Gasteiger charge is -2.32. The second-order valence-corrected chi connectivity index (χ2v) is 8.91. The Kier molecular flexibility index (Phi) is 12.7. The molecule has 0 aliphatic carbocycles. The molecule has 2 aliphatic heterocycles. The van der Waals surface area contributed by atoms with Crippen molar-refractivity contribution in [3.8, 4) is 0 Å². The van der Waals surface area contributed by atoms with E-state index in [1.165, 1.54) is 0 Å². The summed E-state index contributed by atoms with van der Waals surface area (Å²) in [6, 6.07) is 0. The number of rotatable bonds is 4. The van der Waals surface area contributed by atoms with E-state index in [0.29, 0.717) is 30.9 Å². The Morgan fingerprint density at radius 2 is 1.39 bits per heavy atom. The van der Waals surface area contributed by atoms with Gasteiger partial charge in [-0.05, 0) is 33.1 Å². The molecule has 0 spiro atoms. The van der Waals surface area contributed by atoms with E-state index >= 15 is 0 Å². The van der Waals surface area contributed by atoms with Crippen molar-refractivity contribution < 1.29 is 46.9 Å². The summed E-state index contributed by atoms with van der Waals surface area (Å²) in [6.45, 7) is 14.6. The number of halogens is 3. The molecule has 0 unspecified atom stereocenters. The Morgan fingerprint density at radius 1 is 1.00 bits per heavy atom. The minimum absolute atomic E-state index is 0.126. The van der Waals surface area contributed by atoms with Crippen LogP contribution in [0.15, 0.2) is 22.5 Å². The van der Waals surface area contributed by atoms with E-state index in [4.69, 9.17) is 19.4 Å². The predicted octanol–water partition coefficient (Wildman–Crippen LogP) is 2.71. The number of amides is 1. The van der Waals surface area contributed by atoms with Gasteiger partial charge in [0, 0.05) is 24.9 Å². The van der Waals surface area contributed by atoms with E-state index in [9.17, 15) is 27.6 Å². The Labute approximate surface area is 208 Å². The van der Waals surface area contributed by atoms with Crippen LogP contribution in [0.4, 0.5) is 13.2 Å². The third-order valence-electron chi connectivity index (χ3n) is 4.97. The fourth-order valence-electron chi connectivity index (χ4n) is 3.24. The van der Waals surface area contributed by atoms with Gasteiger partial charge >= 0.3 is 24.1 Å². The quantitative estimate of drug-likeness (QED) is 0.476. The molecule has 1 fully saturated rings. The molecule has 0 radical (unpaired) electrons. The van der Waals surface area contributed by atoms with E-state index in [1.807, 2.05) is 7.05 Å². The molecule has 13 heteroatoms. The molecule has 2 aliphatic rings. The van der Waals surface area contributed by atoms with Crippen molar-refractivity contribution in [2.45, 2.75) is 67.2 Å². The Hall–Kier alpha value is -3.09. The first-order valence-electron chi connectivity index (χ1n) is 11.2. The van der Waals surface area contributed by atoms with Crippen LogP contribution in [0, 0.1) is 5.41 Å². The summed E-state index contributed by atoms with van der Waals surface area (Å²) in [5.74, 6) is -3.36. The highest BCUT2D eigenvalue weighted by atomic mass is 19.4. The molecule has 36 heavy (non-hydrogen) atoms. The summed E-state index contributed by atoms with van der Waals surface area (Å²) in [5.41, 5.74) is 2.52. The predicted molar refractivity (Wildman–Crippen MR) is 124 cm³/mol. The third kappa shape index (κ3) is 10.3. The Morgan fingerprint density at radius 3 is 1.61 bits per heavy atom. The minimum atomic E-state index is -5.08. The van der Waals surface area contributed by atoms with Crippen molar-refractivity contribution in [2.24, 2.45) is 5.41 Å². The van der Waals surface area contributed by atoms with E-state index in [2.05, 4.69) is 31.4 Å². The van der Waals surface area contributed by atoms with Crippen LogP contribution >= 0.6 is 0 Å². The van der Waals surface area contributed by atoms with Crippen molar-refractivity contribution in [1.82, 2.24) is 15.5 Å². The molecule has 0 bridgehead atoms. The van der Waals surface area contributed by atoms with Gasteiger partial charge in [-0.25, -0.2) is 14.4 Å². The number of alkyl halides is 3. The molecule has 0 saturated carbocycles. The molecule has 206 valence electrons. The first-order valence-corrected chi connectivity index (χ1v) is 11.2. The number of allylic oxidation sites excluding steroid dienone is 2. The second-order valence-electron chi connectivity index (χ2n) is 8.91. The molecule has 2 heterocycles. The zero-order chi connectivity index (χ0) is 28.4. The maximum Gasteiger partial charge on any atom is 0.490 e. The second kappa shape index (κ2) is 13.9. The summed E-state index contributed by atoms with van der Waals surface area (Å²) in [7, 11) is 1.85. The SMILES string of the molecule is CCOC(=O)C1=C(C)NC(C)=C(C(=O)OCC)C1.CN1C(=O)CN[C@H]1C(C)(C)C.O=C(O)C(F)(F)F. The van der Waals surface area contributed by atoms with Crippen molar-refractivity contribution in [3.63, 3.8) is 0 Å². The van der Waals surface area contributed by atoms with Crippen LogP contribution < -0.4 is 10.6 Å². The number of carboxylic acids is 1. The van der Waals surface area contributed by atoms with Crippen LogP contribution in [-0.2, 0) is 28.7 Å². The third-order valence-corrected chi connectivity index (χ3v) is 4.97. The Balaban J connectivity index is 0.000000576. The molecular formula is C23H36F3N3O7. The molecule has 0 aromatic carbocycles. The summed E-state index contributed by atoms with van der Waals surface area (Å²) in [6.07, 6.45) is -4.64. The molecule has 1 saturated heterocycles. The van der Waals surface area contributed by atoms with Crippen molar-refractivity contribution in [3.05, 3.63) is 22.5 Å². The van der Waals surface area contributed by atoms with Gasteiger partial charge < -0.3 is 24.8 Å². The highest BCUT2D eigenvalue weighted by Gasteiger charge is 2.38. The first kappa shape index (κ1) is 32.9. The van der Waals surface area contributed by atoms with Gasteiger partial charge in [0.05, 0.1) is 37.1 Å². The van der Waals surface area contributed by atoms with Crippen LogP contribution in [-0.4, -0.2) is 73.0 Å². The van der Waals surface area contributed by atoms with Crippen LogP contribution in [0.2, 0.25) is 0 Å². The number of dihydropyridines is 1. The molecular weight excluding hydrogens is 487 g/mol. The lowest BCUT2D eigenvalue weighted by Crippen LogP contribution is -2.44. The van der Waals surface area contributed by atoms with Gasteiger partial charge in [-0.1, -0.05) is 20.8 Å². The van der Waals surface area contributed by atoms with Gasteiger partial charge in [0.1, 0.15) is 0 Å². The molecule has 2 rings (SSSR count). The van der Waals surface area contributed by atoms with Crippen LogP contribution in [0.25, 0.3) is 0 Å². The van der Waals surface area contributed by atoms with Crippen LogP contribution in [0.3, 0.4) is 0 Å². The maximum absolute atomic E-state index is 11.7. The van der Waals surface area contributed by atoms with Gasteiger partial charge in [-0.15, -0.1) is 0 Å². The standard InChI is InChI=1S/C13H19NO4.C8H16N2O.C2HF3O2/c1-5-17-12(15)10-7-11(13(16)18-6-2)9(4)14-8(10)3;1-8(2,3)7-9-5-6(11)10(7)4;3-2(4,5)1(6)7/h14H,5-7H2,1-4H3;7,9H,5H2,1-4H3;(H,6,7)/t;7-;/m.1./s1. The van der Waals surface area contributed by atoms with Gasteiger partial charge in [0.25, 0.3) is 0 Å². The summed E-state index contributed by atoms with van der Waals surface area (Å²) in [5, 5.41) is 13.3. The average molecular weight is 524 g/mol. The number of carbonyl (C=O) groups excluding carboxylic acids is 3. The zero-order valence-corrected chi connectivity index (χ0v) is 21.9. The normalized spacial score (nSPS) is 17.9. The maximum atomic E-state index is 11.7. The minimum Gasteiger partial charge on any atom is -0.475 e. The highest BCUT2D eigenvalue weighted by molar-refractivity contribution is 5.96. The number of likely N-dealkylation sites (N-methyl/N-ethyl adjacent to an activating group) is 1.